The van der Waals surface area contributed by atoms with Crippen molar-refractivity contribution in [3.63, 3.8) is 0 Å². The standard InChI is InChI=1S/C18H29FO5SSi/c1-18(2,3)26(5,6)24-12-11-22-17-10-8-7-9-15(17)13-16(19)14-23-25(4,20)21/h7-10,13H,11-12,14H2,1-6H3. The van der Waals surface area contributed by atoms with Crippen molar-refractivity contribution in [2.24, 2.45) is 0 Å². The highest BCUT2D eigenvalue weighted by atomic mass is 32.2. The maximum atomic E-state index is 13.9. The second kappa shape index (κ2) is 9.12. The predicted octanol–water partition coefficient (Wildman–Crippen LogP) is 4.37. The molecule has 0 radical (unpaired) electrons. The minimum atomic E-state index is -3.69. The van der Waals surface area contributed by atoms with E-state index in [1.165, 1.54) is 6.08 Å². The van der Waals surface area contributed by atoms with E-state index in [0.29, 0.717) is 24.5 Å². The van der Waals surface area contributed by atoms with Crippen LogP contribution in [0.4, 0.5) is 4.39 Å². The Bertz CT molecular complexity index is 723. The number of halogens is 1. The molecule has 26 heavy (non-hydrogen) atoms. The van der Waals surface area contributed by atoms with Crippen LogP contribution in [0.25, 0.3) is 6.08 Å². The third-order valence-corrected chi connectivity index (χ3v) is 9.34. The molecule has 0 N–H and O–H groups in total. The highest BCUT2D eigenvalue weighted by Crippen LogP contribution is 2.36. The lowest BCUT2D eigenvalue weighted by atomic mass is 10.2. The van der Waals surface area contributed by atoms with Gasteiger partial charge in [-0.1, -0.05) is 39.0 Å². The summed E-state index contributed by atoms with van der Waals surface area (Å²) >= 11 is 0. The maximum absolute atomic E-state index is 13.9. The molecule has 0 aliphatic heterocycles. The summed E-state index contributed by atoms with van der Waals surface area (Å²) in [7, 11) is -5.53. The van der Waals surface area contributed by atoms with Gasteiger partial charge in [0.15, 0.2) is 8.32 Å². The summed E-state index contributed by atoms with van der Waals surface area (Å²) < 4.78 is 51.9. The third-order valence-electron chi connectivity index (χ3n) is 4.25. The van der Waals surface area contributed by atoms with Gasteiger partial charge in [-0.25, -0.2) is 4.39 Å². The van der Waals surface area contributed by atoms with Crippen LogP contribution >= 0.6 is 0 Å². The van der Waals surface area contributed by atoms with E-state index < -0.39 is 30.9 Å². The topological polar surface area (TPSA) is 61.8 Å². The van der Waals surface area contributed by atoms with E-state index in [-0.39, 0.29) is 5.04 Å². The first-order valence-corrected chi connectivity index (χ1v) is 13.1. The van der Waals surface area contributed by atoms with Crippen LogP contribution in [-0.4, -0.2) is 42.8 Å². The molecule has 0 heterocycles. The molecule has 0 amide bonds. The van der Waals surface area contributed by atoms with Gasteiger partial charge < -0.3 is 9.16 Å². The highest BCUT2D eigenvalue weighted by molar-refractivity contribution is 7.86. The molecule has 0 aromatic heterocycles. The molecule has 0 atom stereocenters. The van der Waals surface area contributed by atoms with Crippen molar-refractivity contribution in [3.8, 4) is 5.75 Å². The van der Waals surface area contributed by atoms with Crippen molar-refractivity contribution in [1.29, 1.82) is 0 Å². The fourth-order valence-electron chi connectivity index (χ4n) is 1.77. The van der Waals surface area contributed by atoms with Crippen LogP contribution in [0.1, 0.15) is 26.3 Å². The SMILES string of the molecule is CC(C)(C)[Si](C)(C)OCCOc1ccccc1C=C(F)COS(C)(=O)=O. The minimum absolute atomic E-state index is 0.121. The van der Waals surface area contributed by atoms with Gasteiger partial charge in [0.05, 0.1) is 12.9 Å². The molecule has 0 saturated heterocycles. The maximum Gasteiger partial charge on any atom is 0.264 e. The van der Waals surface area contributed by atoms with Crippen LogP contribution in [0, 0.1) is 0 Å². The van der Waals surface area contributed by atoms with Crippen LogP contribution in [0.3, 0.4) is 0 Å². The lowest BCUT2D eigenvalue weighted by Crippen LogP contribution is -2.41. The number of benzene rings is 1. The van der Waals surface area contributed by atoms with E-state index in [4.69, 9.17) is 9.16 Å². The van der Waals surface area contributed by atoms with Gasteiger partial charge in [-0.2, -0.15) is 8.42 Å². The van der Waals surface area contributed by atoms with Gasteiger partial charge in [0, 0.05) is 5.56 Å². The van der Waals surface area contributed by atoms with Gasteiger partial charge in [-0.15, -0.1) is 0 Å². The van der Waals surface area contributed by atoms with E-state index >= 15 is 0 Å². The second-order valence-electron chi connectivity index (χ2n) is 7.55. The van der Waals surface area contributed by atoms with Crippen molar-refractivity contribution in [2.75, 3.05) is 26.1 Å². The molecule has 0 aliphatic rings. The minimum Gasteiger partial charge on any atom is -0.491 e. The van der Waals surface area contributed by atoms with E-state index in [2.05, 4.69) is 38.0 Å². The average Bonchev–Trinajstić information content (AvgIpc) is 2.49. The first-order chi connectivity index (χ1) is 11.8. The Morgan fingerprint density at radius 2 is 1.81 bits per heavy atom. The Morgan fingerprint density at radius 3 is 2.38 bits per heavy atom. The van der Waals surface area contributed by atoms with Gasteiger partial charge in [-0.3, -0.25) is 4.18 Å². The molecule has 0 spiro atoms. The fourth-order valence-corrected chi connectivity index (χ4v) is 3.12. The Hall–Kier alpha value is -1.22. The molecule has 1 rings (SSSR count). The fraction of sp³-hybridized carbons (Fsp3) is 0.556. The van der Waals surface area contributed by atoms with Crippen LogP contribution in [0.5, 0.6) is 5.75 Å². The van der Waals surface area contributed by atoms with E-state index in [1.807, 2.05) is 0 Å². The Morgan fingerprint density at radius 1 is 1.19 bits per heavy atom. The van der Waals surface area contributed by atoms with Crippen LogP contribution in [0.15, 0.2) is 30.1 Å². The third kappa shape index (κ3) is 7.99. The van der Waals surface area contributed by atoms with E-state index in [1.54, 1.807) is 24.3 Å². The smallest absolute Gasteiger partial charge is 0.264 e. The molecule has 148 valence electrons. The Kier molecular flexibility index (Phi) is 8.00. The number of rotatable bonds is 9. The van der Waals surface area contributed by atoms with Crippen molar-refractivity contribution in [2.45, 2.75) is 38.9 Å². The molecule has 1 aromatic carbocycles. The van der Waals surface area contributed by atoms with Crippen molar-refractivity contribution >= 4 is 24.5 Å². The second-order valence-corrected chi connectivity index (χ2v) is 14.0. The lowest BCUT2D eigenvalue weighted by Gasteiger charge is -2.36. The summed E-state index contributed by atoms with van der Waals surface area (Å²) in [4.78, 5) is 0. The quantitative estimate of drug-likeness (QED) is 0.347. The monoisotopic (exact) mass is 404 g/mol. The molecule has 8 heteroatoms. The molecule has 5 nitrogen and oxygen atoms in total. The molecule has 0 saturated carbocycles. The highest BCUT2D eigenvalue weighted by Gasteiger charge is 2.36. The lowest BCUT2D eigenvalue weighted by molar-refractivity contribution is 0.203. The molecular formula is C18H29FO5SSi. The first kappa shape index (κ1) is 22.8. The average molecular weight is 405 g/mol. The van der Waals surface area contributed by atoms with Gasteiger partial charge in [0.25, 0.3) is 10.1 Å². The Balaban J connectivity index is 2.67. The number of hydrogen-bond donors (Lipinski definition) is 0. The summed E-state index contributed by atoms with van der Waals surface area (Å²) in [6, 6.07) is 6.94. The van der Waals surface area contributed by atoms with E-state index in [0.717, 1.165) is 6.26 Å². The van der Waals surface area contributed by atoms with Crippen molar-refractivity contribution < 1.29 is 26.2 Å². The number of hydrogen-bond acceptors (Lipinski definition) is 5. The number of ether oxygens (including phenoxy) is 1. The summed E-state index contributed by atoms with van der Waals surface area (Å²) in [6.07, 6.45) is 2.08. The molecule has 0 fully saturated rings. The van der Waals surface area contributed by atoms with Gasteiger partial charge >= 0.3 is 0 Å². The van der Waals surface area contributed by atoms with E-state index in [9.17, 15) is 12.8 Å². The normalized spacial score (nSPS) is 13.7. The molecular weight excluding hydrogens is 375 g/mol. The zero-order valence-corrected chi connectivity index (χ0v) is 18.2. The zero-order chi connectivity index (χ0) is 20.0. The molecule has 0 aliphatic carbocycles. The summed E-state index contributed by atoms with van der Waals surface area (Å²) in [5, 5.41) is 0.121. The molecule has 0 unspecified atom stereocenters. The largest absolute Gasteiger partial charge is 0.491 e. The van der Waals surface area contributed by atoms with Gasteiger partial charge in [-0.05, 0) is 30.3 Å². The summed E-state index contributed by atoms with van der Waals surface area (Å²) in [5.74, 6) is -0.204. The summed E-state index contributed by atoms with van der Waals surface area (Å²) in [6.45, 7) is 11.0. The van der Waals surface area contributed by atoms with Crippen LogP contribution in [-0.2, 0) is 18.7 Å². The van der Waals surface area contributed by atoms with Crippen molar-refractivity contribution in [3.05, 3.63) is 35.7 Å². The predicted molar refractivity (Wildman–Crippen MR) is 105 cm³/mol. The molecule has 1 aromatic rings. The van der Waals surface area contributed by atoms with Crippen LogP contribution in [0.2, 0.25) is 18.1 Å². The van der Waals surface area contributed by atoms with Crippen molar-refractivity contribution in [1.82, 2.24) is 0 Å². The number of para-hydroxylation sites is 1. The Labute approximate surface area is 157 Å². The van der Waals surface area contributed by atoms with Gasteiger partial charge in [0.1, 0.15) is 24.8 Å². The van der Waals surface area contributed by atoms with Gasteiger partial charge in [0.2, 0.25) is 0 Å². The zero-order valence-electron chi connectivity index (χ0n) is 16.3. The first-order valence-electron chi connectivity index (χ1n) is 8.38. The molecule has 0 bridgehead atoms. The van der Waals surface area contributed by atoms with Crippen LogP contribution < -0.4 is 4.74 Å². The summed E-state index contributed by atoms with van der Waals surface area (Å²) in [5.41, 5.74) is 0.509.